The van der Waals surface area contributed by atoms with Crippen molar-refractivity contribution >= 4 is 55.4 Å². The zero-order valence-corrected chi connectivity index (χ0v) is 16.2. The first-order chi connectivity index (χ1) is 13.2. The number of hydrogen-bond donors (Lipinski definition) is 3. The Bertz CT molecular complexity index is 1230. The second kappa shape index (κ2) is 6.33. The second-order valence-electron chi connectivity index (χ2n) is 6.43. The summed E-state index contributed by atoms with van der Waals surface area (Å²) < 4.78 is 0. The summed E-state index contributed by atoms with van der Waals surface area (Å²) in [7, 11) is 0. The fourth-order valence-corrected chi connectivity index (χ4v) is 4.40. The van der Waals surface area contributed by atoms with E-state index >= 15 is 0 Å². The first kappa shape index (κ1) is 16.2. The lowest BCUT2D eigenvalue weighted by atomic mass is 10.2. The third kappa shape index (κ3) is 2.93. The molecule has 0 atom stereocenters. The fourth-order valence-electron chi connectivity index (χ4n) is 3.18. The molecule has 0 amide bonds. The van der Waals surface area contributed by atoms with Gasteiger partial charge in [-0.2, -0.15) is 0 Å². The number of benzene rings is 2. The van der Waals surface area contributed by atoms with Crippen molar-refractivity contribution in [3.63, 3.8) is 0 Å². The van der Waals surface area contributed by atoms with E-state index in [1.165, 1.54) is 5.39 Å². The molecular formula is C21H16N4S2. The number of aryl methyl sites for hydroxylation is 1. The van der Waals surface area contributed by atoms with Crippen molar-refractivity contribution in [2.45, 2.75) is 6.92 Å². The van der Waals surface area contributed by atoms with Crippen LogP contribution in [-0.2, 0) is 0 Å². The molecule has 27 heavy (non-hydrogen) atoms. The third-order valence-corrected chi connectivity index (χ3v) is 5.99. The molecule has 0 aliphatic carbocycles. The Balaban J connectivity index is 1.44. The predicted molar refractivity (Wildman–Crippen MR) is 118 cm³/mol. The van der Waals surface area contributed by atoms with Gasteiger partial charge < -0.3 is 15.3 Å². The number of hydrogen-bond acceptors (Lipinski definition) is 3. The Labute approximate surface area is 165 Å². The normalized spacial score (nSPS) is 11.3. The maximum Gasteiger partial charge on any atom is 0.141 e. The minimum Gasteiger partial charge on any atom is -0.353 e. The number of nitrogens with zero attached hydrogens (tertiary/aromatic N) is 1. The molecule has 6 heteroatoms. The molecule has 3 aromatic heterocycles. The number of thiazole rings is 1. The largest absolute Gasteiger partial charge is 0.353 e. The van der Waals surface area contributed by atoms with Crippen LogP contribution in [0.25, 0.3) is 32.5 Å². The van der Waals surface area contributed by atoms with E-state index < -0.39 is 0 Å². The van der Waals surface area contributed by atoms with E-state index in [1.54, 1.807) is 11.3 Å². The average Bonchev–Trinajstić information content (AvgIpc) is 3.37. The first-order valence-electron chi connectivity index (χ1n) is 8.62. The number of aromatic nitrogens is 3. The van der Waals surface area contributed by atoms with E-state index in [-0.39, 0.29) is 0 Å². The van der Waals surface area contributed by atoms with Crippen LogP contribution in [0.4, 0.5) is 5.00 Å². The highest BCUT2D eigenvalue weighted by Crippen LogP contribution is 2.33. The second-order valence-corrected chi connectivity index (χ2v) is 7.84. The molecular weight excluding hydrogens is 372 g/mol. The van der Waals surface area contributed by atoms with E-state index in [4.69, 9.17) is 17.2 Å². The van der Waals surface area contributed by atoms with Crippen molar-refractivity contribution in [2.24, 2.45) is 0 Å². The van der Waals surface area contributed by atoms with E-state index in [1.807, 2.05) is 37.3 Å². The highest BCUT2D eigenvalue weighted by Gasteiger charge is 2.14. The molecule has 3 heterocycles. The van der Waals surface area contributed by atoms with Crippen LogP contribution in [0.5, 0.6) is 0 Å². The minimum absolute atomic E-state index is 0.668. The van der Waals surface area contributed by atoms with Crippen molar-refractivity contribution in [3.05, 3.63) is 72.1 Å². The zero-order chi connectivity index (χ0) is 18.4. The number of aromatic amines is 2. The van der Waals surface area contributed by atoms with Crippen LogP contribution in [0.2, 0.25) is 0 Å². The van der Waals surface area contributed by atoms with Crippen LogP contribution in [0.3, 0.4) is 0 Å². The van der Waals surface area contributed by atoms with Gasteiger partial charge in [-0.25, -0.2) is 4.98 Å². The van der Waals surface area contributed by atoms with Gasteiger partial charge in [-0.3, -0.25) is 0 Å². The molecule has 0 spiro atoms. The molecule has 0 aliphatic rings. The molecule has 0 aliphatic heterocycles. The highest BCUT2D eigenvalue weighted by molar-refractivity contribution is 7.81. The number of rotatable bonds is 3. The summed E-state index contributed by atoms with van der Waals surface area (Å²) in [5.41, 5.74) is 5.06. The summed E-state index contributed by atoms with van der Waals surface area (Å²) in [6, 6.07) is 20.6. The maximum absolute atomic E-state index is 5.61. The summed E-state index contributed by atoms with van der Waals surface area (Å²) in [5, 5.41) is 7.60. The Kier molecular flexibility index (Phi) is 3.81. The van der Waals surface area contributed by atoms with Gasteiger partial charge >= 0.3 is 0 Å². The Hall–Kier alpha value is -2.96. The molecule has 0 bridgehead atoms. The topological polar surface area (TPSA) is 56.5 Å². The number of nitrogens with one attached hydrogen (secondary N) is 3. The van der Waals surface area contributed by atoms with E-state index in [0.29, 0.717) is 4.99 Å². The minimum atomic E-state index is 0.668. The lowest BCUT2D eigenvalue weighted by molar-refractivity contribution is 1.25. The molecule has 0 saturated carbocycles. The number of fused-ring (bicyclic) bond motifs is 2. The quantitative estimate of drug-likeness (QED) is 0.339. The molecule has 5 rings (SSSR count). The van der Waals surface area contributed by atoms with Crippen molar-refractivity contribution in [1.29, 1.82) is 0 Å². The summed E-state index contributed by atoms with van der Waals surface area (Å²) >= 11 is 7.21. The molecule has 0 saturated heterocycles. The summed E-state index contributed by atoms with van der Waals surface area (Å²) in [5.74, 6) is 0. The van der Waals surface area contributed by atoms with Crippen LogP contribution in [0, 0.1) is 6.92 Å². The lowest BCUT2D eigenvalue weighted by Gasteiger charge is -2.03. The number of anilines is 1. The van der Waals surface area contributed by atoms with Gasteiger partial charge in [-0.1, -0.05) is 60.0 Å². The van der Waals surface area contributed by atoms with Gasteiger partial charge in [0.2, 0.25) is 0 Å². The van der Waals surface area contributed by atoms with Gasteiger partial charge in [0.1, 0.15) is 15.0 Å². The Morgan fingerprint density at radius 3 is 2.33 bits per heavy atom. The Morgan fingerprint density at radius 1 is 0.963 bits per heavy atom. The van der Waals surface area contributed by atoms with Gasteiger partial charge in [-0.15, -0.1) is 0 Å². The van der Waals surface area contributed by atoms with E-state index in [9.17, 15) is 0 Å². The van der Waals surface area contributed by atoms with Gasteiger partial charge in [0.05, 0.1) is 17.1 Å². The van der Waals surface area contributed by atoms with Crippen LogP contribution in [0.1, 0.15) is 11.4 Å². The van der Waals surface area contributed by atoms with Crippen LogP contribution >= 0.6 is 23.6 Å². The molecule has 5 aromatic rings. The number of thiocarbonyl (C=S) groups is 1. The van der Waals surface area contributed by atoms with Crippen LogP contribution < -0.4 is 5.32 Å². The highest BCUT2D eigenvalue weighted by atomic mass is 32.1. The summed E-state index contributed by atoms with van der Waals surface area (Å²) in [4.78, 5) is 12.2. The van der Waals surface area contributed by atoms with Gasteiger partial charge in [0.25, 0.3) is 0 Å². The summed E-state index contributed by atoms with van der Waals surface area (Å²) in [6.07, 6.45) is 0. The predicted octanol–water partition coefficient (Wildman–Crippen LogP) is 5.87. The summed E-state index contributed by atoms with van der Waals surface area (Å²) in [6.45, 7) is 2.00. The van der Waals surface area contributed by atoms with Gasteiger partial charge in [0, 0.05) is 21.8 Å². The van der Waals surface area contributed by atoms with Crippen LogP contribution in [-0.4, -0.2) is 19.9 Å². The average molecular weight is 389 g/mol. The smallest absolute Gasteiger partial charge is 0.141 e. The van der Waals surface area contributed by atoms with E-state index in [2.05, 4.69) is 45.6 Å². The standard InChI is InChI=1S/C21H16N4S2/c1-12-20(25-19(26)17-10-13-6-2-4-8-15(13)23-17)27-21(22-12)18-11-14-7-3-5-9-16(14)24-18/h2-11,23-24H,1H3,(H,25,26). The molecule has 0 unspecified atom stereocenters. The molecule has 0 radical (unpaired) electrons. The van der Waals surface area contributed by atoms with E-state index in [0.717, 1.165) is 43.5 Å². The SMILES string of the molecule is Cc1nc(-c2cc3ccccc3[nH]2)sc1NC(=S)c1cc2ccccc2[nH]1. The number of H-pyrrole nitrogens is 2. The molecule has 2 aromatic carbocycles. The molecule has 3 N–H and O–H groups in total. The lowest BCUT2D eigenvalue weighted by Crippen LogP contribution is -2.10. The van der Waals surface area contributed by atoms with Gasteiger partial charge in [0.15, 0.2) is 0 Å². The van der Waals surface area contributed by atoms with Crippen LogP contribution in [0.15, 0.2) is 60.7 Å². The van der Waals surface area contributed by atoms with Crippen molar-refractivity contribution in [3.8, 4) is 10.7 Å². The van der Waals surface area contributed by atoms with Crippen molar-refractivity contribution < 1.29 is 0 Å². The first-order valence-corrected chi connectivity index (χ1v) is 9.84. The van der Waals surface area contributed by atoms with Crippen molar-refractivity contribution in [1.82, 2.24) is 15.0 Å². The maximum atomic E-state index is 5.61. The van der Waals surface area contributed by atoms with Crippen molar-refractivity contribution in [2.75, 3.05) is 5.32 Å². The van der Waals surface area contributed by atoms with Gasteiger partial charge in [-0.05, 0) is 31.2 Å². The monoisotopic (exact) mass is 388 g/mol. The zero-order valence-electron chi connectivity index (χ0n) is 14.5. The number of para-hydroxylation sites is 2. The third-order valence-electron chi connectivity index (χ3n) is 4.56. The molecule has 4 nitrogen and oxygen atoms in total. The molecule has 0 fully saturated rings. The fraction of sp³-hybridized carbons (Fsp3) is 0.0476. The molecule has 132 valence electrons. The Morgan fingerprint density at radius 2 is 1.63 bits per heavy atom.